The Hall–Kier alpha value is -0.0800. The van der Waals surface area contributed by atoms with E-state index in [1.807, 2.05) is 0 Å². The van der Waals surface area contributed by atoms with Crippen molar-refractivity contribution in [1.82, 2.24) is 4.90 Å². The molecule has 0 unspecified atom stereocenters. The Bertz CT molecular complexity index is 152. The van der Waals surface area contributed by atoms with Gasteiger partial charge in [0, 0.05) is 6.61 Å². The van der Waals surface area contributed by atoms with Crippen LogP contribution in [0.15, 0.2) is 0 Å². The van der Waals surface area contributed by atoms with Gasteiger partial charge in [0.2, 0.25) is 0 Å². The molecule has 0 aromatic rings. The number of aliphatic hydroxyl groups excluding tert-OH is 1. The minimum absolute atomic E-state index is 0.428. The summed E-state index contributed by atoms with van der Waals surface area (Å²) < 4.78 is 0. The maximum atomic E-state index is 8.95. The largest absolute Gasteiger partial charge is 0.396 e. The van der Waals surface area contributed by atoms with E-state index in [4.69, 9.17) is 5.11 Å². The Morgan fingerprint density at radius 3 is 2.50 bits per heavy atom. The van der Waals surface area contributed by atoms with Gasteiger partial charge in [-0.15, -0.1) is 0 Å². The van der Waals surface area contributed by atoms with E-state index in [0.29, 0.717) is 12.5 Å². The highest BCUT2D eigenvalue weighted by Gasteiger charge is 2.42. The third kappa shape index (κ3) is 1.64. The molecule has 0 aromatic carbocycles. The molecule has 70 valence electrons. The maximum absolute atomic E-state index is 8.95. The van der Waals surface area contributed by atoms with E-state index >= 15 is 0 Å². The molecule has 0 aromatic heterocycles. The molecule has 0 spiro atoms. The van der Waals surface area contributed by atoms with Crippen LogP contribution < -0.4 is 0 Å². The second kappa shape index (κ2) is 3.35. The molecular formula is C10H19NO. The second-order valence-electron chi connectivity index (χ2n) is 4.48. The van der Waals surface area contributed by atoms with E-state index in [9.17, 15) is 0 Å². The fraction of sp³-hybridized carbons (Fsp3) is 1.00. The lowest BCUT2D eigenvalue weighted by atomic mass is 9.91. The van der Waals surface area contributed by atoms with Crippen molar-refractivity contribution >= 4 is 0 Å². The van der Waals surface area contributed by atoms with Gasteiger partial charge in [0.15, 0.2) is 0 Å². The summed E-state index contributed by atoms with van der Waals surface area (Å²) >= 11 is 0. The number of aliphatic hydroxyl groups is 1. The zero-order valence-corrected chi connectivity index (χ0v) is 7.87. The second-order valence-corrected chi connectivity index (χ2v) is 4.48. The van der Waals surface area contributed by atoms with Crippen LogP contribution >= 0.6 is 0 Å². The standard InChI is InChI=1S/C10H19NO/c1-11-4-2-8(3-5-11)10-6-9(10)7-12/h8-10,12H,2-7H2,1H3/t9-,10-/m1/s1. The van der Waals surface area contributed by atoms with Crippen LogP contribution in [0.2, 0.25) is 0 Å². The molecule has 1 aliphatic carbocycles. The first-order chi connectivity index (χ1) is 5.81. The summed E-state index contributed by atoms with van der Waals surface area (Å²) in [5, 5.41) is 8.95. The van der Waals surface area contributed by atoms with Crippen molar-refractivity contribution in [3.8, 4) is 0 Å². The topological polar surface area (TPSA) is 23.5 Å². The van der Waals surface area contributed by atoms with Crippen LogP contribution in [0, 0.1) is 17.8 Å². The summed E-state index contributed by atoms with van der Waals surface area (Å²) in [4.78, 5) is 2.41. The molecule has 2 heteroatoms. The average molecular weight is 169 g/mol. The number of likely N-dealkylation sites (tertiary alicyclic amines) is 1. The van der Waals surface area contributed by atoms with Crippen LogP contribution in [-0.4, -0.2) is 36.8 Å². The Kier molecular flexibility index (Phi) is 2.37. The molecule has 0 amide bonds. The fourth-order valence-corrected chi connectivity index (χ4v) is 2.52. The molecular weight excluding hydrogens is 150 g/mol. The number of nitrogens with zero attached hydrogens (tertiary/aromatic N) is 1. The monoisotopic (exact) mass is 169 g/mol. The molecule has 1 heterocycles. The smallest absolute Gasteiger partial charge is 0.0462 e. The number of hydrogen-bond acceptors (Lipinski definition) is 2. The van der Waals surface area contributed by atoms with Gasteiger partial charge >= 0.3 is 0 Å². The molecule has 1 saturated carbocycles. The summed E-state index contributed by atoms with van der Waals surface area (Å²) in [6.07, 6.45) is 4.01. The average Bonchev–Trinajstić information content (AvgIpc) is 2.85. The normalized spacial score (nSPS) is 38.5. The molecule has 1 saturated heterocycles. The lowest BCUT2D eigenvalue weighted by Gasteiger charge is -2.29. The van der Waals surface area contributed by atoms with Gasteiger partial charge in [0.1, 0.15) is 0 Å². The third-order valence-corrected chi connectivity index (χ3v) is 3.58. The number of piperidine rings is 1. The Balaban J connectivity index is 1.76. The molecule has 1 aliphatic heterocycles. The van der Waals surface area contributed by atoms with E-state index in [0.717, 1.165) is 11.8 Å². The van der Waals surface area contributed by atoms with E-state index in [-0.39, 0.29) is 0 Å². The molecule has 12 heavy (non-hydrogen) atoms. The van der Waals surface area contributed by atoms with Crippen molar-refractivity contribution in [2.75, 3.05) is 26.7 Å². The highest BCUT2D eigenvalue weighted by Crippen LogP contribution is 2.47. The fourth-order valence-electron chi connectivity index (χ4n) is 2.52. The van der Waals surface area contributed by atoms with Crippen LogP contribution in [0.3, 0.4) is 0 Å². The van der Waals surface area contributed by atoms with Crippen molar-refractivity contribution < 1.29 is 5.11 Å². The zero-order valence-electron chi connectivity index (χ0n) is 7.87. The highest BCUT2D eigenvalue weighted by atomic mass is 16.3. The highest BCUT2D eigenvalue weighted by molar-refractivity contribution is 4.92. The van der Waals surface area contributed by atoms with Gasteiger partial charge in [-0.05, 0) is 57.2 Å². The molecule has 0 radical (unpaired) electrons. The van der Waals surface area contributed by atoms with E-state index in [1.165, 1.54) is 32.4 Å². The summed E-state index contributed by atoms with van der Waals surface area (Å²) in [5.74, 6) is 2.47. The third-order valence-electron chi connectivity index (χ3n) is 3.58. The number of hydrogen-bond donors (Lipinski definition) is 1. The van der Waals surface area contributed by atoms with Crippen LogP contribution in [-0.2, 0) is 0 Å². The Morgan fingerprint density at radius 2 is 2.00 bits per heavy atom. The zero-order chi connectivity index (χ0) is 8.55. The predicted molar refractivity (Wildman–Crippen MR) is 48.9 cm³/mol. The lowest BCUT2D eigenvalue weighted by Crippen LogP contribution is -2.31. The van der Waals surface area contributed by atoms with Crippen LogP contribution in [0.4, 0.5) is 0 Å². The van der Waals surface area contributed by atoms with Crippen molar-refractivity contribution in [2.45, 2.75) is 19.3 Å². The van der Waals surface area contributed by atoms with Crippen molar-refractivity contribution in [1.29, 1.82) is 0 Å². The van der Waals surface area contributed by atoms with Gasteiger partial charge in [-0.3, -0.25) is 0 Å². The molecule has 2 aliphatic rings. The molecule has 1 N–H and O–H groups in total. The summed E-state index contributed by atoms with van der Waals surface area (Å²) in [6, 6.07) is 0. The molecule has 2 atom stereocenters. The van der Waals surface area contributed by atoms with Crippen molar-refractivity contribution in [3.63, 3.8) is 0 Å². The Morgan fingerprint density at radius 1 is 1.33 bits per heavy atom. The summed E-state index contributed by atoms with van der Waals surface area (Å²) in [5.41, 5.74) is 0. The molecule has 0 bridgehead atoms. The van der Waals surface area contributed by atoms with Gasteiger partial charge in [0.25, 0.3) is 0 Å². The van der Waals surface area contributed by atoms with Crippen molar-refractivity contribution in [3.05, 3.63) is 0 Å². The van der Waals surface area contributed by atoms with E-state index in [2.05, 4.69) is 11.9 Å². The molecule has 2 rings (SSSR count). The van der Waals surface area contributed by atoms with E-state index in [1.54, 1.807) is 0 Å². The van der Waals surface area contributed by atoms with Gasteiger partial charge in [-0.25, -0.2) is 0 Å². The van der Waals surface area contributed by atoms with Crippen molar-refractivity contribution in [2.24, 2.45) is 17.8 Å². The quantitative estimate of drug-likeness (QED) is 0.665. The molecule has 2 fully saturated rings. The first-order valence-electron chi connectivity index (χ1n) is 5.10. The number of rotatable bonds is 2. The predicted octanol–water partition coefficient (Wildman–Crippen LogP) is 0.957. The minimum Gasteiger partial charge on any atom is -0.396 e. The Labute approximate surface area is 74.6 Å². The molecule has 2 nitrogen and oxygen atoms in total. The van der Waals surface area contributed by atoms with Gasteiger partial charge in [-0.2, -0.15) is 0 Å². The van der Waals surface area contributed by atoms with Gasteiger partial charge < -0.3 is 10.0 Å². The van der Waals surface area contributed by atoms with Gasteiger partial charge in [-0.1, -0.05) is 0 Å². The van der Waals surface area contributed by atoms with Crippen LogP contribution in [0.1, 0.15) is 19.3 Å². The first-order valence-corrected chi connectivity index (χ1v) is 5.10. The lowest BCUT2D eigenvalue weighted by molar-refractivity contribution is 0.188. The SMILES string of the molecule is CN1CCC([C@H]2C[C@@H]2CO)CC1. The van der Waals surface area contributed by atoms with Crippen LogP contribution in [0.25, 0.3) is 0 Å². The summed E-state index contributed by atoms with van der Waals surface area (Å²) in [7, 11) is 2.20. The first kappa shape index (κ1) is 8.52. The van der Waals surface area contributed by atoms with Gasteiger partial charge in [0.05, 0.1) is 0 Å². The maximum Gasteiger partial charge on any atom is 0.0462 e. The van der Waals surface area contributed by atoms with Crippen LogP contribution in [0.5, 0.6) is 0 Å². The minimum atomic E-state index is 0.428. The van der Waals surface area contributed by atoms with E-state index < -0.39 is 0 Å². The summed E-state index contributed by atoms with van der Waals surface area (Å²) in [6.45, 7) is 2.95.